The Kier molecular flexibility index (Phi) is 9.05. The van der Waals surface area contributed by atoms with Crippen molar-refractivity contribution in [1.29, 1.82) is 0 Å². The highest BCUT2D eigenvalue weighted by Crippen LogP contribution is 2.58. The molecule has 1 aromatic carbocycles. The average molecular weight is 594 g/mol. The minimum Gasteiger partial charge on any atom is -0.494 e. The third kappa shape index (κ3) is 5.39. The molecule has 5 rings (SSSR count). The van der Waals surface area contributed by atoms with Crippen LogP contribution in [0.15, 0.2) is 48.6 Å². The van der Waals surface area contributed by atoms with Crippen LogP contribution in [0.3, 0.4) is 0 Å². The highest BCUT2D eigenvalue weighted by molar-refractivity contribution is 6.04. The molecule has 6 atom stereocenters. The van der Waals surface area contributed by atoms with Gasteiger partial charge in [-0.2, -0.15) is 0 Å². The molecule has 4 aliphatic rings. The smallest absolute Gasteiger partial charge is 0.249 e. The zero-order valence-electron chi connectivity index (χ0n) is 26.2. The lowest BCUT2D eigenvalue weighted by atomic mass is 9.74. The zero-order valence-corrected chi connectivity index (χ0v) is 26.2. The maximum atomic E-state index is 14.7. The first-order chi connectivity index (χ1) is 20.6. The fraction of sp³-hybridized carbons (Fsp3) is 0.618. The van der Waals surface area contributed by atoms with Gasteiger partial charge in [0.2, 0.25) is 17.7 Å². The molecule has 9 nitrogen and oxygen atoms in total. The van der Waals surface area contributed by atoms with Crippen LogP contribution in [0.2, 0.25) is 0 Å². The summed E-state index contributed by atoms with van der Waals surface area (Å²) < 4.78 is 12.5. The molecule has 4 heterocycles. The zero-order chi connectivity index (χ0) is 30.9. The number of carbonyl (C=O) groups excluding carboxylic acids is 3. The molecule has 2 saturated heterocycles. The topological polar surface area (TPSA) is 99.6 Å². The lowest BCUT2D eigenvalue weighted by molar-refractivity contribution is -0.154. The maximum Gasteiger partial charge on any atom is 0.249 e. The Morgan fingerprint density at radius 3 is 2.35 bits per heavy atom. The van der Waals surface area contributed by atoms with E-state index < -0.39 is 35.1 Å². The number of fused-ring (bicyclic) bond motifs is 2. The van der Waals surface area contributed by atoms with Crippen LogP contribution in [0, 0.1) is 17.8 Å². The Hall–Kier alpha value is -3.17. The Bertz CT molecular complexity index is 1260. The molecule has 2 fully saturated rings. The quantitative estimate of drug-likeness (QED) is 0.308. The minimum absolute atomic E-state index is 0.181. The molecule has 1 unspecified atom stereocenters. The van der Waals surface area contributed by atoms with E-state index in [0.29, 0.717) is 44.1 Å². The predicted octanol–water partition coefficient (Wildman–Crippen LogP) is 3.95. The number of aliphatic hydroxyl groups excluding tert-OH is 1. The normalized spacial score (nSPS) is 30.8. The number of amides is 3. The van der Waals surface area contributed by atoms with Crippen LogP contribution < -0.4 is 9.64 Å². The van der Waals surface area contributed by atoms with Crippen molar-refractivity contribution in [1.82, 2.24) is 9.80 Å². The van der Waals surface area contributed by atoms with E-state index in [0.717, 1.165) is 19.3 Å². The lowest BCUT2D eigenvalue weighted by Crippen LogP contribution is -2.59. The first-order valence-electron chi connectivity index (χ1n) is 15.9. The molecular weight excluding hydrogens is 546 g/mol. The van der Waals surface area contributed by atoms with Gasteiger partial charge in [0.25, 0.3) is 0 Å². The Labute approximate surface area is 255 Å². The number of carbonyl (C=O) groups is 3. The number of rotatable bonds is 11. The van der Waals surface area contributed by atoms with Gasteiger partial charge < -0.3 is 29.3 Å². The van der Waals surface area contributed by atoms with E-state index in [1.54, 1.807) is 9.80 Å². The second kappa shape index (κ2) is 12.4. The fourth-order valence-corrected chi connectivity index (χ4v) is 7.60. The number of ether oxygens (including phenoxy) is 2. The van der Waals surface area contributed by atoms with E-state index in [4.69, 9.17) is 9.47 Å². The summed E-state index contributed by atoms with van der Waals surface area (Å²) >= 11 is 0. The van der Waals surface area contributed by atoms with Crippen LogP contribution in [0.5, 0.6) is 5.75 Å². The molecule has 4 aliphatic heterocycles. The standard InChI is InChI=1S/C34H47N3O6/c1-6-8-9-18-35-19-11-17-34-28(31(40)37(29(34)32(35)41)25(22-38)21-23(3)4)27-30(39)36(20-10-16-33(27,5)43-34)24-12-14-26(15-13-24)42-7-2/h10-17,23,25,27-29,38H,6-9,18-22H2,1-5H3/t25-,27+,28+,29?,33-,34+/m1/s1. The van der Waals surface area contributed by atoms with E-state index >= 15 is 0 Å². The van der Waals surface area contributed by atoms with Crippen LogP contribution in [0.1, 0.15) is 60.3 Å². The van der Waals surface area contributed by atoms with Gasteiger partial charge in [0.05, 0.1) is 36.7 Å². The molecule has 1 N–H and O–H groups in total. The predicted molar refractivity (Wildman–Crippen MR) is 165 cm³/mol. The van der Waals surface area contributed by atoms with Gasteiger partial charge >= 0.3 is 0 Å². The van der Waals surface area contributed by atoms with E-state index in [-0.39, 0.29) is 30.2 Å². The molecule has 43 heavy (non-hydrogen) atoms. The van der Waals surface area contributed by atoms with Gasteiger partial charge in [-0.15, -0.1) is 0 Å². The van der Waals surface area contributed by atoms with Crippen molar-refractivity contribution >= 4 is 23.4 Å². The maximum absolute atomic E-state index is 14.7. The summed E-state index contributed by atoms with van der Waals surface area (Å²) in [6.45, 7) is 11.6. The molecule has 0 bridgehead atoms. The van der Waals surface area contributed by atoms with Gasteiger partial charge in [0, 0.05) is 25.3 Å². The number of hydrogen-bond acceptors (Lipinski definition) is 6. The molecule has 0 aromatic heterocycles. The number of aliphatic hydroxyl groups is 1. The van der Waals surface area contributed by atoms with Gasteiger partial charge in [-0.1, -0.05) is 57.9 Å². The summed E-state index contributed by atoms with van der Waals surface area (Å²) in [7, 11) is 0. The van der Waals surface area contributed by atoms with E-state index in [1.165, 1.54) is 0 Å². The number of hydrogen-bond donors (Lipinski definition) is 1. The van der Waals surface area contributed by atoms with Crippen LogP contribution in [-0.4, -0.2) is 88.8 Å². The van der Waals surface area contributed by atoms with Crippen molar-refractivity contribution < 1.29 is 29.0 Å². The molecule has 0 saturated carbocycles. The van der Waals surface area contributed by atoms with Crippen molar-refractivity contribution in [3.8, 4) is 5.75 Å². The molecule has 0 radical (unpaired) electrons. The first-order valence-corrected chi connectivity index (χ1v) is 15.9. The molecule has 9 heteroatoms. The Morgan fingerprint density at radius 1 is 0.977 bits per heavy atom. The fourth-order valence-electron chi connectivity index (χ4n) is 7.60. The summed E-state index contributed by atoms with van der Waals surface area (Å²) in [6.07, 6.45) is 11.0. The van der Waals surface area contributed by atoms with Crippen LogP contribution in [0.4, 0.5) is 5.69 Å². The third-order valence-electron chi connectivity index (χ3n) is 9.42. The van der Waals surface area contributed by atoms with Gasteiger partial charge in [-0.05, 0) is 56.9 Å². The van der Waals surface area contributed by atoms with Gasteiger partial charge in [-0.3, -0.25) is 14.4 Å². The SMILES string of the molecule is CCCCCN1CC=C[C@]23O[C@]4(C)C=CCN(c5ccc(OCC)cc5)C(=O)[C@@H]4[C@H]2C(=O)N([C@@H](CO)CC(C)C)C3C1=O. The highest BCUT2D eigenvalue weighted by atomic mass is 16.5. The molecular formula is C34H47N3O6. The van der Waals surface area contributed by atoms with Gasteiger partial charge in [0.15, 0.2) is 0 Å². The molecule has 1 aromatic rings. The summed E-state index contributed by atoms with van der Waals surface area (Å²) in [6, 6.07) is 5.84. The van der Waals surface area contributed by atoms with Crippen molar-refractivity contribution in [3.05, 3.63) is 48.6 Å². The lowest BCUT2D eigenvalue weighted by Gasteiger charge is -2.40. The molecule has 3 amide bonds. The van der Waals surface area contributed by atoms with E-state index in [1.807, 2.05) is 81.2 Å². The highest BCUT2D eigenvalue weighted by Gasteiger charge is 2.75. The van der Waals surface area contributed by atoms with Gasteiger partial charge in [0.1, 0.15) is 17.4 Å². The van der Waals surface area contributed by atoms with Crippen molar-refractivity contribution in [2.45, 2.75) is 83.6 Å². The Balaban J connectivity index is 1.59. The van der Waals surface area contributed by atoms with Crippen molar-refractivity contribution in [3.63, 3.8) is 0 Å². The third-order valence-corrected chi connectivity index (χ3v) is 9.42. The first kappa shape index (κ1) is 31.3. The van der Waals surface area contributed by atoms with Crippen LogP contribution >= 0.6 is 0 Å². The average Bonchev–Trinajstić information content (AvgIpc) is 3.25. The van der Waals surface area contributed by atoms with Crippen LogP contribution in [-0.2, 0) is 19.1 Å². The summed E-state index contributed by atoms with van der Waals surface area (Å²) in [5.74, 6) is -1.59. The largest absolute Gasteiger partial charge is 0.494 e. The van der Waals surface area contributed by atoms with Crippen molar-refractivity contribution in [2.75, 3.05) is 37.7 Å². The number of benzene rings is 1. The molecule has 0 aliphatic carbocycles. The minimum atomic E-state index is -1.33. The molecule has 1 spiro atoms. The van der Waals surface area contributed by atoms with Crippen molar-refractivity contribution in [2.24, 2.45) is 17.8 Å². The number of anilines is 1. The summed E-state index contributed by atoms with van der Waals surface area (Å²) in [5.41, 5.74) is -1.74. The number of likely N-dealkylation sites (tertiary alicyclic amines) is 1. The van der Waals surface area contributed by atoms with Crippen LogP contribution in [0.25, 0.3) is 0 Å². The van der Waals surface area contributed by atoms with E-state index in [2.05, 4.69) is 6.92 Å². The second-order valence-corrected chi connectivity index (χ2v) is 12.9. The number of nitrogens with zero attached hydrogens (tertiary/aromatic N) is 3. The monoisotopic (exact) mass is 593 g/mol. The summed E-state index contributed by atoms with van der Waals surface area (Å²) in [5, 5.41) is 10.6. The van der Waals surface area contributed by atoms with Gasteiger partial charge in [-0.25, -0.2) is 0 Å². The number of unbranched alkanes of at least 4 members (excludes halogenated alkanes) is 2. The molecule has 234 valence electrons. The second-order valence-electron chi connectivity index (χ2n) is 12.9. The van der Waals surface area contributed by atoms with E-state index in [9.17, 15) is 19.5 Å². The summed E-state index contributed by atoms with van der Waals surface area (Å²) in [4.78, 5) is 48.8. The Morgan fingerprint density at radius 2 is 1.70 bits per heavy atom.